The van der Waals surface area contributed by atoms with Crippen molar-refractivity contribution in [3.8, 4) is 0 Å². The van der Waals surface area contributed by atoms with Gasteiger partial charge in [-0.25, -0.2) is 23.4 Å². The number of anilines is 1. The molecule has 1 saturated heterocycles. The Balaban J connectivity index is 1.50. The number of piperidine rings is 1. The Morgan fingerprint density at radius 1 is 1.17 bits per heavy atom. The summed E-state index contributed by atoms with van der Waals surface area (Å²) in [5, 5.41) is 8.71. The quantitative estimate of drug-likeness (QED) is 0.476. The van der Waals surface area contributed by atoms with Gasteiger partial charge in [0.05, 0.1) is 18.1 Å². The summed E-state index contributed by atoms with van der Waals surface area (Å²) in [4.78, 5) is 23.8. The summed E-state index contributed by atoms with van der Waals surface area (Å²) in [6, 6.07) is 3.07. The summed E-state index contributed by atoms with van der Waals surface area (Å²) >= 11 is 1.48. The zero-order valence-corrected chi connectivity index (χ0v) is 17.4. The zero-order chi connectivity index (χ0) is 21.1. The number of thioether (sulfide) groups is 1. The smallest absolute Gasteiger partial charge is 0.251 e. The molecule has 2 aromatic heterocycles. The lowest BCUT2D eigenvalue weighted by molar-refractivity contribution is 0.0951. The molecule has 3 aromatic rings. The molecule has 1 aromatic carbocycles. The van der Waals surface area contributed by atoms with Gasteiger partial charge in [0.25, 0.3) is 5.91 Å². The van der Waals surface area contributed by atoms with Gasteiger partial charge >= 0.3 is 0 Å². The molecule has 0 atom stereocenters. The van der Waals surface area contributed by atoms with E-state index in [-0.39, 0.29) is 12.1 Å². The first-order valence-electron chi connectivity index (χ1n) is 9.82. The minimum absolute atomic E-state index is 0.0682. The molecule has 0 spiro atoms. The first kappa shape index (κ1) is 20.5. The van der Waals surface area contributed by atoms with Gasteiger partial charge in [-0.3, -0.25) is 4.79 Å². The molecule has 1 N–H and O–H groups in total. The number of hydrogen-bond donors (Lipinski definition) is 1. The summed E-state index contributed by atoms with van der Waals surface area (Å²) in [5.74, 6) is -1.60. The molecule has 4 rings (SSSR count). The van der Waals surface area contributed by atoms with Gasteiger partial charge in [0.1, 0.15) is 5.82 Å². The molecule has 158 valence electrons. The van der Waals surface area contributed by atoms with E-state index in [1.165, 1.54) is 24.2 Å². The number of aromatic nitrogens is 4. The molecular weight excluding hydrogens is 410 g/mol. The number of hydrogen-bond acceptors (Lipinski definition) is 6. The lowest BCUT2D eigenvalue weighted by atomic mass is 10.1. The van der Waals surface area contributed by atoms with Crippen molar-refractivity contribution in [3.63, 3.8) is 0 Å². The topological polar surface area (TPSA) is 75.9 Å². The van der Waals surface area contributed by atoms with Gasteiger partial charge in [-0.2, -0.15) is 5.10 Å². The lowest BCUT2D eigenvalue weighted by Gasteiger charge is -2.28. The van der Waals surface area contributed by atoms with Crippen LogP contribution in [0.1, 0.15) is 29.6 Å². The number of halogens is 2. The fraction of sp³-hybridized carbons (Fsp3) is 0.400. The third-order valence-corrected chi connectivity index (χ3v) is 5.63. The van der Waals surface area contributed by atoms with E-state index < -0.39 is 17.5 Å². The summed E-state index contributed by atoms with van der Waals surface area (Å²) < 4.78 is 28.1. The van der Waals surface area contributed by atoms with E-state index in [0.717, 1.165) is 54.9 Å². The maximum Gasteiger partial charge on any atom is 0.251 e. The number of fused-ring (bicyclic) bond motifs is 1. The third kappa shape index (κ3) is 4.23. The molecule has 10 heteroatoms. The van der Waals surface area contributed by atoms with Crippen LogP contribution < -0.4 is 10.2 Å². The van der Waals surface area contributed by atoms with Crippen LogP contribution in [0.25, 0.3) is 11.0 Å². The third-order valence-electron chi connectivity index (χ3n) is 5.08. The number of benzene rings is 1. The van der Waals surface area contributed by atoms with Crippen molar-refractivity contribution in [2.24, 2.45) is 0 Å². The normalized spacial score (nSPS) is 14.3. The fourth-order valence-electron chi connectivity index (χ4n) is 3.54. The van der Waals surface area contributed by atoms with Gasteiger partial charge in [-0.15, -0.1) is 0 Å². The maximum atomic E-state index is 13.3. The van der Waals surface area contributed by atoms with Gasteiger partial charge in [0, 0.05) is 25.2 Å². The van der Waals surface area contributed by atoms with Crippen LogP contribution in [0.4, 0.5) is 14.6 Å². The standard InChI is InChI=1S/C20H22F2N6OS/c1-30-20-25-17(27-8-3-2-4-9-27)14-12-24-28(18(14)26-20)10-7-23-19(29)13-5-6-15(21)16(22)11-13/h5-6,11-12H,2-4,7-10H2,1H3,(H,23,29). The van der Waals surface area contributed by atoms with Crippen LogP contribution in [0.2, 0.25) is 0 Å². The van der Waals surface area contributed by atoms with Gasteiger partial charge in [-0.05, 0) is 43.7 Å². The number of rotatable bonds is 6. The van der Waals surface area contributed by atoms with Crippen LogP contribution in [-0.4, -0.2) is 51.5 Å². The van der Waals surface area contributed by atoms with Crippen molar-refractivity contribution in [2.45, 2.75) is 31.0 Å². The Labute approximate surface area is 176 Å². The van der Waals surface area contributed by atoms with Crippen molar-refractivity contribution in [1.29, 1.82) is 0 Å². The molecule has 0 unspecified atom stereocenters. The van der Waals surface area contributed by atoms with Crippen molar-refractivity contribution in [1.82, 2.24) is 25.1 Å². The van der Waals surface area contributed by atoms with Gasteiger partial charge < -0.3 is 10.2 Å². The van der Waals surface area contributed by atoms with E-state index in [2.05, 4.69) is 20.3 Å². The molecule has 30 heavy (non-hydrogen) atoms. The van der Waals surface area contributed by atoms with Crippen LogP contribution >= 0.6 is 11.8 Å². The van der Waals surface area contributed by atoms with Crippen LogP contribution in [0, 0.1) is 11.6 Å². The molecule has 7 nitrogen and oxygen atoms in total. The molecule has 0 radical (unpaired) electrons. The Morgan fingerprint density at radius 2 is 1.97 bits per heavy atom. The summed E-state index contributed by atoms with van der Waals surface area (Å²) in [5.41, 5.74) is 0.788. The summed E-state index contributed by atoms with van der Waals surface area (Å²) in [7, 11) is 0. The molecule has 3 heterocycles. The van der Waals surface area contributed by atoms with E-state index in [0.29, 0.717) is 11.7 Å². The number of amides is 1. The van der Waals surface area contributed by atoms with Gasteiger partial charge in [0.2, 0.25) is 0 Å². The number of carbonyl (C=O) groups excluding carboxylic acids is 1. The highest BCUT2D eigenvalue weighted by Crippen LogP contribution is 2.28. The summed E-state index contributed by atoms with van der Waals surface area (Å²) in [6.07, 6.45) is 7.22. The first-order chi connectivity index (χ1) is 14.6. The minimum Gasteiger partial charge on any atom is -0.356 e. The largest absolute Gasteiger partial charge is 0.356 e. The first-order valence-corrected chi connectivity index (χ1v) is 11.0. The SMILES string of the molecule is CSc1nc(N2CCCCC2)c2cnn(CCNC(=O)c3ccc(F)c(F)c3)c2n1. The highest BCUT2D eigenvalue weighted by Gasteiger charge is 2.19. The molecule has 1 aliphatic heterocycles. The second-order valence-corrected chi connectivity index (χ2v) is 7.84. The van der Waals surface area contributed by atoms with Crippen molar-refractivity contribution in [3.05, 3.63) is 41.6 Å². The van der Waals surface area contributed by atoms with Crippen LogP contribution in [0.5, 0.6) is 0 Å². The maximum absolute atomic E-state index is 13.3. The van der Waals surface area contributed by atoms with Crippen molar-refractivity contribution >= 4 is 34.5 Å². The Kier molecular flexibility index (Phi) is 6.12. The number of carbonyl (C=O) groups is 1. The molecule has 1 fully saturated rings. The molecule has 1 amide bonds. The molecule has 0 bridgehead atoms. The highest BCUT2D eigenvalue weighted by molar-refractivity contribution is 7.98. The molecule has 1 aliphatic rings. The Morgan fingerprint density at radius 3 is 2.70 bits per heavy atom. The van der Waals surface area contributed by atoms with Gasteiger partial charge in [0.15, 0.2) is 22.4 Å². The van der Waals surface area contributed by atoms with E-state index in [1.54, 1.807) is 10.9 Å². The summed E-state index contributed by atoms with van der Waals surface area (Å²) in [6.45, 7) is 2.60. The average Bonchev–Trinajstić information content (AvgIpc) is 3.18. The van der Waals surface area contributed by atoms with Crippen molar-refractivity contribution in [2.75, 3.05) is 30.8 Å². The molecule has 0 saturated carbocycles. The second-order valence-electron chi connectivity index (χ2n) is 7.07. The van der Waals surface area contributed by atoms with Crippen molar-refractivity contribution < 1.29 is 13.6 Å². The molecule has 0 aliphatic carbocycles. The van der Waals surface area contributed by atoms with E-state index in [9.17, 15) is 13.6 Å². The predicted molar refractivity (Wildman–Crippen MR) is 112 cm³/mol. The Hall–Kier alpha value is -2.75. The zero-order valence-electron chi connectivity index (χ0n) is 16.6. The Bertz CT molecular complexity index is 1070. The number of nitrogens with zero attached hydrogens (tertiary/aromatic N) is 5. The molecular formula is C20H22F2N6OS. The van der Waals surface area contributed by atoms with E-state index in [1.807, 2.05) is 6.26 Å². The fourth-order valence-corrected chi connectivity index (χ4v) is 3.89. The van der Waals surface area contributed by atoms with Crippen LogP contribution in [0.15, 0.2) is 29.6 Å². The monoisotopic (exact) mass is 432 g/mol. The van der Waals surface area contributed by atoms with Crippen LogP contribution in [0.3, 0.4) is 0 Å². The lowest BCUT2D eigenvalue weighted by Crippen LogP contribution is -2.30. The van der Waals surface area contributed by atoms with E-state index in [4.69, 9.17) is 4.98 Å². The predicted octanol–water partition coefficient (Wildman–Crippen LogP) is 3.25. The highest BCUT2D eigenvalue weighted by atomic mass is 32.2. The number of nitrogens with one attached hydrogen (secondary N) is 1. The minimum atomic E-state index is -1.05. The van der Waals surface area contributed by atoms with Crippen LogP contribution in [-0.2, 0) is 6.54 Å². The van der Waals surface area contributed by atoms with Gasteiger partial charge in [-0.1, -0.05) is 11.8 Å². The average molecular weight is 433 g/mol. The van der Waals surface area contributed by atoms with E-state index >= 15 is 0 Å². The second kappa shape index (κ2) is 8.95.